The predicted molar refractivity (Wildman–Crippen MR) is 134 cm³/mol. The second-order valence-electron chi connectivity index (χ2n) is 7.90. The van der Waals surface area contributed by atoms with Crippen LogP contribution >= 0.6 is 24.0 Å². The van der Waals surface area contributed by atoms with E-state index in [1.165, 1.54) is 36.1 Å². The molecular weight excluding hydrogens is 473 g/mol. The number of para-hydroxylation sites is 1. The Morgan fingerprint density at radius 3 is 2.52 bits per heavy atom. The average Bonchev–Trinajstić information content (AvgIpc) is 3.21. The first-order valence-corrected chi connectivity index (χ1v) is 10.4. The third kappa shape index (κ3) is 5.63. The normalized spacial score (nSPS) is 18.1. The van der Waals surface area contributed by atoms with Crippen molar-refractivity contribution in [1.82, 2.24) is 4.90 Å². The zero-order valence-electron chi connectivity index (χ0n) is 17.2. The Morgan fingerprint density at radius 1 is 1.03 bits per heavy atom. The molecule has 6 heteroatoms. The maximum atomic E-state index is 6.14. The van der Waals surface area contributed by atoms with Crippen LogP contribution in [-0.2, 0) is 12.8 Å². The number of aryl methyl sites for hydroxylation is 2. The molecule has 1 atom stereocenters. The van der Waals surface area contributed by atoms with Crippen molar-refractivity contribution in [2.75, 3.05) is 42.9 Å². The zero-order valence-corrected chi connectivity index (χ0v) is 19.5. The van der Waals surface area contributed by atoms with Gasteiger partial charge < -0.3 is 16.0 Å². The van der Waals surface area contributed by atoms with Gasteiger partial charge in [-0.3, -0.25) is 9.89 Å². The molecule has 0 amide bonds. The van der Waals surface area contributed by atoms with Gasteiger partial charge in [0.1, 0.15) is 0 Å². The van der Waals surface area contributed by atoms with Gasteiger partial charge >= 0.3 is 0 Å². The highest BCUT2D eigenvalue weighted by atomic mass is 127. The van der Waals surface area contributed by atoms with Gasteiger partial charge in [-0.25, -0.2) is 0 Å². The smallest absolute Gasteiger partial charge is 0.193 e. The summed E-state index contributed by atoms with van der Waals surface area (Å²) in [4.78, 5) is 9.55. The standard InChI is InChI=1S/C23H31N5.HI/c1-18(27-12-14-28(15-13-27)22-8-3-2-4-9-22)17-25-23(24)26-21-11-10-19-6-5-7-20(19)16-21;/h2-4,8-11,16,18H,5-7,12-15,17H2,1H3,(H3,24,25,26);1H. The highest BCUT2D eigenvalue weighted by molar-refractivity contribution is 14.0. The summed E-state index contributed by atoms with van der Waals surface area (Å²) in [6.07, 6.45) is 3.64. The van der Waals surface area contributed by atoms with Crippen molar-refractivity contribution in [2.45, 2.75) is 32.2 Å². The molecule has 1 unspecified atom stereocenters. The molecule has 29 heavy (non-hydrogen) atoms. The molecule has 1 heterocycles. The highest BCUT2D eigenvalue weighted by Crippen LogP contribution is 2.24. The van der Waals surface area contributed by atoms with E-state index in [0.29, 0.717) is 12.0 Å². The second-order valence-corrected chi connectivity index (χ2v) is 7.90. The quantitative estimate of drug-likeness (QED) is 0.370. The van der Waals surface area contributed by atoms with Crippen molar-refractivity contribution in [3.8, 4) is 0 Å². The molecule has 3 N–H and O–H groups in total. The first kappa shape index (κ1) is 21.9. The van der Waals surface area contributed by atoms with Gasteiger partial charge in [-0.15, -0.1) is 24.0 Å². The molecule has 1 saturated heterocycles. The maximum Gasteiger partial charge on any atom is 0.193 e. The van der Waals surface area contributed by atoms with Crippen LogP contribution in [0.25, 0.3) is 0 Å². The van der Waals surface area contributed by atoms with E-state index in [1.807, 2.05) is 0 Å². The Morgan fingerprint density at radius 2 is 1.76 bits per heavy atom. The van der Waals surface area contributed by atoms with Gasteiger partial charge in [0.25, 0.3) is 0 Å². The zero-order chi connectivity index (χ0) is 19.3. The number of hydrogen-bond acceptors (Lipinski definition) is 3. The van der Waals surface area contributed by atoms with Crippen molar-refractivity contribution < 1.29 is 0 Å². The summed E-state index contributed by atoms with van der Waals surface area (Å²) in [5.74, 6) is 0.507. The molecule has 0 bridgehead atoms. The van der Waals surface area contributed by atoms with E-state index in [2.05, 4.69) is 75.6 Å². The summed E-state index contributed by atoms with van der Waals surface area (Å²) in [7, 11) is 0. The molecule has 0 radical (unpaired) electrons. The molecule has 2 aliphatic rings. The van der Waals surface area contributed by atoms with Gasteiger partial charge in [-0.2, -0.15) is 0 Å². The minimum atomic E-state index is 0. The minimum absolute atomic E-state index is 0. The van der Waals surface area contributed by atoms with Gasteiger partial charge in [-0.1, -0.05) is 24.3 Å². The lowest BCUT2D eigenvalue weighted by molar-refractivity contribution is 0.201. The number of aliphatic imine (C=N–C) groups is 1. The molecule has 1 fully saturated rings. The van der Waals surface area contributed by atoms with E-state index in [0.717, 1.165) is 38.4 Å². The number of hydrogen-bond donors (Lipinski definition) is 2. The van der Waals surface area contributed by atoms with Crippen molar-refractivity contribution in [1.29, 1.82) is 0 Å². The summed E-state index contributed by atoms with van der Waals surface area (Å²) in [5.41, 5.74) is 11.4. The van der Waals surface area contributed by atoms with Gasteiger partial charge in [-0.05, 0) is 61.6 Å². The third-order valence-corrected chi connectivity index (χ3v) is 5.96. The van der Waals surface area contributed by atoms with E-state index in [4.69, 9.17) is 5.73 Å². The molecule has 0 saturated carbocycles. The van der Waals surface area contributed by atoms with Crippen molar-refractivity contribution in [3.05, 3.63) is 59.7 Å². The van der Waals surface area contributed by atoms with Crippen molar-refractivity contribution in [2.24, 2.45) is 10.7 Å². The number of anilines is 2. The Bertz CT molecular complexity index is 815. The number of guanidine groups is 1. The Labute approximate surface area is 191 Å². The lowest BCUT2D eigenvalue weighted by Gasteiger charge is -2.38. The summed E-state index contributed by atoms with van der Waals surface area (Å²) in [6.45, 7) is 7.19. The molecule has 0 spiro atoms. The van der Waals surface area contributed by atoms with E-state index >= 15 is 0 Å². The SMILES string of the molecule is CC(CN=C(N)Nc1ccc2c(c1)CCC2)N1CCN(c2ccccc2)CC1.I. The number of benzene rings is 2. The molecular formula is C23H32IN5. The van der Waals surface area contributed by atoms with Crippen LogP contribution in [0.4, 0.5) is 11.4 Å². The fraction of sp³-hybridized carbons (Fsp3) is 0.435. The van der Waals surface area contributed by atoms with E-state index < -0.39 is 0 Å². The van der Waals surface area contributed by atoms with Crippen LogP contribution in [-0.4, -0.2) is 49.6 Å². The van der Waals surface area contributed by atoms with Crippen LogP contribution < -0.4 is 16.0 Å². The topological polar surface area (TPSA) is 56.9 Å². The van der Waals surface area contributed by atoms with Crippen LogP contribution in [0.3, 0.4) is 0 Å². The lowest BCUT2D eigenvalue weighted by Crippen LogP contribution is -2.50. The van der Waals surface area contributed by atoms with E-state index in [1.54, 1.807) is 0 Å². The second kappa shape index (κ2) is 10.3. The molecule has 4 rings (SSSR count). The van der Waals surface area contributed by atoms with Gasteiger partial charge in [0.05, 0.1) is 6.54 Å². The minimum Gasteiger partial charge on any atom is -0.370 e. The Kier molecular flexibility index (Phi) is 7.77. The molecule has 0 aromatic heterocycles. The molecule has 5 nitrogen and oxygen atoms in total. The molecule has 1 aliphatic carbocycles. The monoisotopic (exact) mass is 505 g/mol. The van der Waals surface area contributed by atoms with Crippen LogP contribution in [0.15, 0.2) is 53.5 Å². The summed E-state index contributed by atoms with van der Waals surface area (Å²) < 4.78 is 0. The fourth-order valence-corrected chi connectivity index (χ4v) is 4.24. The Balaban J connectivity index is 0.00000240. The highest BCUT2D eigenvalue weighted by Gasteiger charge is 2.21. The molecule has 1 aliphatic heterocycles. The van der Waals surface area contributed by atoms with Gasteiger partial charge in [0, 0.05) is 43.6 Å². The van der Waals surface area contributed by atoms with E-state index in [-0.39, 0.29) is 24.0 Å². The van der Waals surface area contributed by atoms with Gasteiger partial charge in [0.2, 0.25) is 0 Å². The summed E-state index contributed by atoms with van der Waals surface area (Å²) in [5, 5.41) is 3.26. The third-order valence-electron chi connectivity index (χ3n) is 5.96. The number of piperazine rings is 1. The lowest BCUT2D eigenvalue weighted by atomic mass is 10.1. The number of halogens is 1. The number of nitrogens with one attached hydrogen (secondary N) is 1. The maximum absolute atomic E-state index is 6.14. The molecule has 2 aromatic rings. The van der Waals surface area contributed by atoms with Crippen LogP contribution in [0.1, 0.15) is 24.5 Å². The number of rotatable bonds is 5. The average molecular weight is 505 g/mol. The number of fused-ring (bicyclic) bond motifs is 1. The number of nitrogens with zero attached hydrogens (tertiary/aromatic N) is 3. The van der Waals surface area contributed by atoms with E-state index in [9.17, 15) is 0 Å². The first-order chi connectivity index (χ1) is 13.7. The largest absolute Gasteiger partial charge is 0.370 e. The summed E-state index contributed by atoms with van der Waals surface area (Å²) >= 11 is 0. The van der Waals surface area contributed by atoms with Gasteiger partial charge in [0.15, 0.2) is 5.96 Å². The molecule has 156 valence electrons. The van der Waals surface area contributed by atoms with Crippen molar-refractivity contribution >= 4 is 41.3 Å². The molecule has 2 aromatic carbocycles. The summed E-state index contributed by atoms with van der Waals surface area (Å²) in [6, 6.07) is 17.6. The van der Waals surface area contributed by atoms with Crippen LogP contribution in [0.2, 0.25) is 0 Å². The predicted octanol–water partition coefficient (Wildman–Crippen LogP) is 3.73. The van der Waals surface area contributed by atoms with Crippen molar-refractivity contribution in [3.63, 3.8) is 0 Å². The first-order valence-electron chi connectivity index (χ1n) is 10.4. The van der Waals surface area contributed by atoms with Crippen LogP contribution in [0.5, 0.6) is 0 Å². The fourth-order valence-electron chi connectivity index (χ4n) is 4.24. The number of nitrogens with two attached hydrogens (primary N) is 1. The Hall–Kier alpha value is -1.80. The van der Waals surface area contributed by atoms with Crippen LogP contribution in [0, 0.1) is 0 Å².